The molecule has 2 rings (SSSR count). The van der Waals surface area contributed by atoms with Crippen molar-refractivity contribution >= 4 is 37.4 Å². The van der Waals surface area contributed by atoms with Crippen molar-refractivity contribution in [1.82, 2.24) is 4.31 Å². The Balaban J connectivity index is 2.50. The second kappa shape index (κ2) is 4.68. The van der Waals surface area contributed by atoms with E-state index in [-0.39, 0.29) is 4.90 Å². The van der Waals surface area contributed by atoms with Gasteiger partial charge in [0.2, 0.25) is 10.0 Å². The van der Waals surface area contributed by atoms with Crippen molar-refractivity contribution in [3.8, 4) is 0 Å². The lowest BCUT2D eigenvalue weighted by molar-refractivity contribution is -0.137. The Morgan fingerprint density at radius 1 is 1.39 bits per heavy atom. The molecule has 0 aliphatic heterocycles. The highest BCUT2D eigenvalue weighted by molar-refractivity contribution is 7.89. The molecule has 0 amide bonds. The van der Waals surface area contributed by atoms with Crippen LogP contribution >= 0.6 is 11.3 Å². The van der Waals surface area contributed by atoms with E-state index in [1.807, 2.05) is 12.1 Å². The number of hydrogen-bond acceptors (Lipinski definition) is 4. The molecule has 0 spiro atoms. The summed E-state index contributed by atoms with van der Waals surface area (Å²) in [5.74, 6) is -1.18. The third-order valence-corrected chi connectivity index (χ3v) is 5.45. The summed E-state index contributed by atoms with van der Waals surface area (Å²) in [5, 5.41) is 10.8. The number of fused-ring (bicyclic) bond motifs is 1. The molecule has 1 N–H and O–H groups in total. The predicted molar refractivity (Wildman–Crippen MR) is 69.3 cm³/mol. The molecule has 1 aromatic heterocycles. The molecule has 0 bridgehead atoms. The average molecular weight is 285 g/mol. The number of aliphatic carboxylic acids is 1. The predicted octanol–water partition coefficient (Wildman–Crippen LogP) is 1.61. The number of sulfonamides is 1. The molecule has 96 valence electrons. The Morgan fingerprint density at radius 2 is 2.06 bits per heavy atom. The molecule has 5 nitrogen and oxygen atoms in total. The normalized spacial score (nSPS) is 12.1. The van der Waals surface area contributed by atoms with Gasteiger partial charge in [0.25, 0.3) is 0 Å². The topological polar surface area (TPSA) is 74.7 Å². The summed E-state index contributed by atoms with van der Waals surface area (Å²) in [6.45, 7) is -0.549. The number of benzene rings is 1. The van der Waals surface area contributed by atoms with Gasteiger partial charge < -0.3 is 5.11 Å². The number of carbonyl (C=O) groups is 1. The van der Waals surface area contributed by atoms with E-state index in [4.69, 9.17) is 5.11 Å². The molecule has 2 aromatic rings. The largest absolute Gasteiger partial charge is 0.480 e. The van der Waals surface area contributed by atoms with Crippen molar-refractivity contribution < 1.29 is 18.3 Å². The number of hydrogen-bond donors (Lipinski definition) is 1. The second-order valence-corrected chi connectivity index (χ2v) is 6.68. The van der Waals surface area contributed by atoms with Crippen LogP contribution in [-0.4, -0.2) is 37.4 Å². The minimum Gasteiger partial charge on any atom is -0.480 e. The summed E-state index contributed by atoms with van der Waals surface area (Å²) in [4.78, 5) is 10.7. The summed E-state index contributed by atoms with van der Waals surface area (Å²) in [6.07, 6.45) is 0. The molecule has 0 atom stereocenters. The highest BCUT2D eigenvalue weighted by Gasteiger charge is 2.25. The zero-order valence-electron chi connectivity index (χ0n) is 9.53. The number of carboxylic acids is 1. The monoisotopic (exact) mass is 285 g/mol. The summed E-state index contributed by atoms with van der Waals surface area (Å²) in [6, 6.07) is 7.13. The van der Waals surface area contributed by atoms with Gasteiger partial charge in [-0.3, -0.25) is 4.79 Å². The van der Waals surface area contributed by atoms with Gasteiger partial charge in [-0.05, 0) is 6.07 Å². The van der Waals surface area contributed by atoms with Gasteiger partial charge in [0.1, 0.15) is 11.4 Å². The summed E-state index contributed by atoms with van der Waals surface area (Å²) in [7, 11) is -2.49. The zero-order valence-corrected chi connectivity index (χ0v) is 11.2. The molecule has 0 saturated heterocycles. The first-order valence-electron chi connectivity index (χ1n) is 5.07. The Bertz CT molecular complexity index is 690. The van der Waals surface area contributed by atoms with Crippen molar-refractivity contribution in [2.24, 2.45) is 0 Å². The summed E-state index contributed by atoms with van der Waals surface area (Å²) >= 11 is 1.32. The maximum Gasteiger partial charge on any atom is 0.318 e. The fourth-order valence-corrected chi connectivity index (χ4v) is 4.19. The number of likely N-dealkylation sites (N-methyl/N-ethyl adjacent to an activating group) is 1. The van der Waals surface area contributed by atoms with Crippen molar-refractivity contribution in [1.29, 1.82) is 0 Å². The Kier molecular flexibility index (Phi) is 3.38. The highest BCUT2D eigenvalue weighted by atomic mass is 32.2. The molecule has 1 aromatic carbocycles. The number of rotatable bonds is 4. The van der Waals surface area contributed by atoms with Gasteiger partial charge in [-0.1, -0.05) is 18.2 Å². The molecule has 0 unspecified atom stereocenters. The van der Waals surface area contributed by atoms with Gasteiger partial charge in [-0.25, -0.2) is 8.42 Å². The van der Waals surface area contributed by atoms with Crippen LogP contribution in [0.1, 0.15) is 0 Å². The zero-order chi connectivity index (χ0) is 13.3. The Labute approximate surface area is 108 Å². The van der Waals surface area contributed by atoms with Crippen LogP contribution < -0.4 is 0 Å². The summed E-state index contributed by atoms with van der Waals surface area (Å²) in [5.41, 5.74) is 0. The lowest BCUT2D eigenvalue weighted by atomic mass is 10.3. The van der Waals surface area contributed by atoms with Gasteiger partial charge in [0, 0.05) is 22.5 Å². The van der Waals surface area contributed by atoms with E-state index in [2.05, 4.69) is 0 Å². The number of thiophene rings is 1. The van der Waals surface area contributed by atoms with Crippen LogP contribution in [0.15, 0.2) is 34.5 Å². The van der Waals surface area contributed by atoms with Crippen LogP contribution in [0.2, 0.25) is 0 Å². The fraction of sp³-hybridized carbons (Fsp3) is 0.182. The van der Waals surface area contributed by atoms with Crippen molar-refractivity contribution in [3.05, 3.63) is 29.6 Å². The van der Waals surface area contributed by atoms with Crippen LogP contribution in [0.4, 0.5) is 0 Å². The smallest absolute Gasteiger partial charge is 0.318 e. The molecular formula is C11H11NO4S2. The molecular weight excluding hydrogens is 274 g/mol. The van der Waals surface area contributed by atoms with E-state index in [9.17, 15) is 13.2 Å². The maximum atomic E-state index is 12.2. The van der Waals surface area contributed by atoms with E-state index in [0.29, 0.717) is 5.39 Å². The maximum absolute atomic E-state index is 12.2. The number of carboxylic acid groups (broad SMARTS) is 1. The molecule has 0 aliphatic carbocycles. The summed E-state index contributed by atoms with van der Waals surface area (Å²) < 4.78 is 26.1. The van der Waals surface area contributed by atoms with Gasteiger partial charge in [-0.2, -0.15) is 4.31 Å². The number of nitrogens with zero attached hydrogens (tertiary/aromatic N) is 1. The minimum absolute atomic E-state index is 0.159. The van der Waals surface area contributed by atoms with Crippen molar-refractivity contribution in [2.45, 2.75) is 4.90 Å². The van der Waals surface area contributed by atoms with E-state index < -0.39 is 22.5 Å². The van der Waals surface area contributed by atoms with Gasteiger partial charge in [-0.15, -0.1) is 11.3 Å². The fourth-order valence-electron chi connectivity index (χ4n) is 1.60. The van der Waals surface area contributed by atoms with Gasteiger partial charge in [0.15, 0.2) is 0 Å². The van der Waals surface area contributed by atoms with Crippen LogP contribution in [0.3, 0.4) is 0 Å². The quantitative estimate of drug-likeness (QED) is 0.926. The minimum atomic E-state index is -3.75. The first-order valence-corrected chi connectivity index (χ1v) is 7.39. The van der Waals surface area contributed by atoms with Gasteiger partial charge >= 0.3 is 5.97 Å². The van der Waals surface area contributed by atoms with Crippen molar-refractivity contribution in [2.75, 3.05) is 13.6 Å². The van der Waals surface area contributed by atoms with E-state index in [1.165, 1.54) is 18.4 Å². The third kappa shape index (κ3) is 2.24. The molecule has 0 fully saturated rings. The first kappa shape index (κ1) is 13.0. The second-order valence-electron chi connectivity index (χ2n) is 3.75. The van der Waals surface area contributed by atoms with Crippen LogP contribution in [0.25, 0.3) is 10.1 Å². The Morgan fingerprint density at radius 3 is 2.72 bits per heavy atom. The Hall–Kier alpha value is -1.44. The average Bonchev–Trinajstić information content (AvgIpc) is 2.72. The third-order valence-electron chi connectivity index (χ3n) is 2.49. The molecule has 0 radical (unpaired) electrons. The molecule has 0 aliphatic rings. The lowest BCUT2D eigenvalue weighted by Crippen LogP contribution is -2.31. The first-order chi connectivity index (χ1) is 8.43. The molecule has 7 heteroatoms. The molecule has 0 saturated carbocycles. The van der Waals surface area contributed by atoms with E-state index in [0.717, 1.165) is 9.01 Å². The highest BCUT2D eigenvalue weighted by Crippen LogP contribution is 2.30. The van der Waals surface area contributed by atoms with E-state index >= 15 is 0 Å². The lowest BCUT2D eigenvalue weighted by Gasteiger charge is -2.14. The van der Waals surface area contributed by atoms with Crippen LogP contribution in [0.5, 0.6) is 0 Å². The molecule has 1 heterocycles. The van der Waals surface area contributed by atoms with Gasteiger partial charge in [0.05, 0.1) is 0 Å². The van der Waals surface area contributed by atoms with Crippen LogP contribution in [0, 0.1) is 0 Å². The molecule has 18 heavy (non-hydrogen) atoms. The van der Waals surface area contributed by atoms with Crippen LogP contribution in [-0.2, 0) is 14.8 Å². The van der Waals surface area contributed by atoms with Crippen molar-refractivity contribution in [3.63, 3.8) is 0 Å². The SMILES string of the molecule is CN(CC(=O)O)S(=O)(=O)c1csc2ccccc12. The standard InChI is InChI=1S/C11H11NO4S2/c1-12(6-11(13)14)18(15,16)10-7-17-9-5-3-2-4-8(9)10/h2-5,7H,6H2,1H3,(H,13,14). The van der Waals surface area contributed by atoms with E-state index in [1.54, 1.807) is 17.5 Å².